The van der Waals surface area contributed by atoms with E-state index in [2.05, 4.69) is 5.32 Å². The molecule has 20 heavy (non-hydrogen) atoms. The molecule has 3 N–H and O–H groups in total. The van der Waals surface area contributed by atoms with Crippen molar-refractivity contribution in [3.8, 4) is 0 Å². The number of nitrogens with two attached hydrogens (primary N) is 1. The molecule has 0 saturated carbocycles. The third kappa shape index (κ3) is 2.02. The smallest absolute Gasteiger partial charge is 0.246 e. The van der Waals surface area contributed by atoms with Crippen molar-refractivity contribution in [1.29, 1.82) is 0 Å². The Balaban J connectivity index is 1.72. The maximum absolute atomic E-state index is 12.6. The van der Waals surface area contributed by atoms with Crippen LogP contribution in [-0.4, -0.2) is 65.4 Å². The second-order valence-electron chi connectivity index (χ2n) is 6.38. The Morgan fingerprint density at radius 3 is 2.55 bits per heavy atom. The normalized spacial score (nSPS) is 32.6. The van der Waals surface area contributed by atoms with Crippen LogP contribution in [0.4, 0.5) is 0 Å². The van der Waals surface area contributed by atoms with E-state index in [1.54, 1.807) is 4.90 Å². The molecule has 3 fully saturated rings. The molecule has 6 heteroatoms. The van der Waals surface area contributed by atoms with Gasteiger partial charge in [0.15, 0.2) is 0 Å². The van der Waals surface area contributed by atoms with Crippen molar-refractivity contribution < 1.29 is 9.59 Å². The van der Waals surface area contributed by atoms with Crippen molar-refractivity contribution >= 4 is 11.8 Å². The van der Waals surface area contributed by atoms with E-state index in [0.29, 0.717) is 6.54 Å². The number of hydrogen-bond acceptors (Lipinski definition) is 4. The van der Waals surface area contributed by atoms with Gasteiger partial charge in [0.1, 0.15) is 11.6 Å². The second kappa shape index (κ2) is 5.00. The second-order valence-corrected chi connectivity index (χ2v) is 6.38. The van der Waals surface area contributed by atoms with Gasteiger partial charge in [0.05, 0.1) is 0 Å². The summed E-state index contributed by atoms with van der Waals surface area (Å²) in [6.45, 7) is 4.93. The molecule has 3 saturated heterocycles. The molecule has 0 radical (unpaired) electrons. The Morgan fingerprint density at radius 1 is 1.35 bits per heavy atom. The van der Waals surface area contributed by atoms with Crippen LogP contribution in [-0.2, 0) is 9.59 Å². The summed E-state index contributed by atoms with van der Waals surface area (Å²) in [6, 6.07) is -0.820. The minimum atomic E-state index is -0.492. The van der Waals surface area contributed by atoms with Crippen molar-refractivity contribution in [2.75, 3.05) is 26.2 Å². The first-order valence-electron chi connectivity index (χ1n) is 7.66. The molecule has 0 aromatic rings. The highest BCUT2D eigenvalue weighted by molar-refractivity contribution is 5.97. The number of nitrogens with one attached hydrogen (secondary N) is 1. The molecule has 1 spiro atoms. The quantitative estimate of drug-likeness (QED) is 0.669. The van der Waals surface area contributed by atoms with Gasteiger partial charge in [-0.05, 0) is 39.2 Å². The molecule has 2 unspecified atom stereocenters. The SMILES string of the molecule is C[C@@H](N)C(C(=O)N1CCCC1)N1CC2(CCCN2)C1=O. The molecule has 0 aromatic carbocycles. The first-order chi connectivity index (χ1) is 9.55. The fourth-order valence-electron chi connectivity index (χ4n) is 3.73. The van der Waals surface area contributed by atoms with E-state index in [4.69, 9.17) is 5.73 Å². The molecule has 0 aliphatic carbocycles. The van der Waals surface area contributed by atoms with Gasteiger partial charge in [0.2, 0.25) is 11.8 Å². The highest BCUT2D eigenvalue weighted by Crippen LogP contribution is 2.34. The maximum atomic E-state index is 12.6. The molecule has 0 aromatic heterocycles. The largest absolute Gasteiger partial charge is 0.341 e. The lowest BCUT2D eigenvalue weighted by Crippen LogP contribution is -2.76. The first-order valence-corrected chi connectivity index (χ1v) is 7.66. The number of β-lactam (4-membered cyclic amide) rings is 1. The van der Waals surface area contributed by atoms with Crippen molar-refractivity contribution in [3.05, 3.63) is 0 Å². The van der Waals surface area contributed by atoms with Crippen molar-refractivity contribution in [3.63, 3.8) is 0 Å². The summed E-state index contributed by atoms with van der Waals surface area (Å²) in [5.74, 6) is 0.0866. The number of likely N-dealkylation sites (tertiary alicyclic amines) is 2. The first kappa shape index (κ1) is 13.8. The molecule has 112 valence electrons. The number of nitrogens with zero attached hydrogens (tertiary/aromatic N) is 2. The van der Waals surface area contributed by atoms with Gasteiger partial charge in [-0.15, -0.1) is 0 Å². The van der Waals surface area contributed by atoms with Crippen LogP contribution < -0.4 is 11.1 Å². The standard InChI is InChI=1S/C14H24N4O2/c1-10(15)11(12(19)17-7-2-3-8-17)18-9-14(13(18)20)5-4-6-16-14/h10-11,16H,2-9,15H2,1H3/t10-,11?,14?/m1/s1. The van der Waals surface area contributed by atoms with E-state index < -0.39 is 11.6 Å². The average Bonchev–Trinajstić information content (AvgIpc) is 3.09. The van der Waals surface area contributed by atoms with Crippen LogP contribution in [0.5, 0.6) is 0 Å². The fraction of sp³-hybridized carbons (Fsp3) is 0.857. The molecule has 6 nitrogen and oxygen atoms in total. The van der Waals surface area contributed by atoms with Crippen molar-refractivity contribution in [2.24, 2.45) is 5.73 Å². The number of carbonyl (C=O) groups excluding carboxylic acids is 2. The van der Waals surface area contributed by atoms with Gasteiger partial charge in [-0.25, -0.2) is 0 Å². The highest BCUT2D eigenvalue weighted by atomic mass is 16.2. The summed E-state index contributed by atoms with van der Waals surface area (Å²) in [5.41, 5.74) is 5.61. The summed E-state index contributed by atoms with van der Waals surface area (Å²) in [6.07, 6.45) is 4.02. The molecule has 3 aliphatic rings. The van der Waals surface area contributed by atoms with Gasteiger partial charge < -0.3 is 20.9 Å². The summed E-state index contributed by atoms with van der Waals surface area (Å²) in [5, 5.41) is 3.29. The van der Waals surface area contributed by atoms with Crippen LogP contribution >= 0.6 is 0 Å². The van der Waals surface area contributed by atoms with Gasteiger partial charge >= 0.3 is 0 Å². The Hall–Kier alpha value is -1.14. The highest BCUT2D eigenvalue weighted by Gasteiger charge is 2.57. The lowest BCUT2D eigenvalue weighted by Gasteiger charge is -2.51. The monoisotopic (exact) mass is 280 g/mol. The Labute approximate surface area is 119 Å². The molecule has 3 rings (SSSR count). The summed E-state index contributed by atoms with van der Waals surface area (Å²) < 4.78 is 0. The molecular formula is C14H24N4O2. The zero-order valence-electron chi connectivity index (χ0n) is 12.1. The summed E-state index contributed by atoms with van der Waals surface area (Å²) in [7, 11) is 0. The molecule has 3 atom stereocenters. The molecule has 3 aliphatic heterocycles. The predicted octanol–water partition coefficient (Wildman–Crippen LogP) is -0.711. The van der Waals surface area contributed by atoms with E-state index in [1.165, 1.54) is 0 Å². The summed E-state index contributed by atoms with van der Waals surface area (Å²) >= 11 is 0. The van der Waals surface area contributed by atoms with E-state index in [9.17, 15) is 9.59 Å². The minimum absolute atomic E-state index is 0.0266. The van der Waals surface area contributed by atoms with Crippen molar-refractivity contribution in [1.82, 2.24) is 15.1 Å². The predicted molar refractivity (Wildman–Crippen MR) is 74.9 cm³/mol. The van der Waals surface area contributed by atoms with E-state index in [-0.39, 0.29) is 17.9 Å². The molecular weight excluding hydrogens is 256 g/mol. The Morgan fingerprint density at radius 2 is 2.05 bits per heavy atom. The van der Waals surface area contributed by atoms with Crippen LogP contribution in [0.2, 0.25) is 0 Å². The lowest BCUT2D eigenvalue weighted by atomic mass is 9.84. The van der Waals surface area contributed by atoms with Crippen LogP contribution in [0.15, 0.2) is 0 Å². The van der Waals surface area contributed by atoms with Gasteiger partial charge in [0.25, 0.3) is 0 Å². The molecule has 2 amide bonds. The molecule has 3 heterocycles. The maximum Gasteiger partial charge on any atom is 0.246 e. The average molecular weight is 280 g/mol. The summed E-state index contributed by atoms with van der Waals surface area (Å²) in [4.78, 5) is 28.6. The van der Waals surface area contributed by atoms with Crippen LogP contribution in [0.1, 0.15) is 32.6 Å². The van der Waals surface area contributed by atoms with Crippen LogP contribution in [0, 0.1) is 0 Å². The number of amides is 2. The van der Waals surface area contributed by atoms with Crippen LogP contribution in [0.25, 0.3) is 0 Å². The lowest BCUT2D eigenvalue weighted by molar-refractivity contribution is -0.163. The van der Waals surface area contributed by atoms with E-state index in [0.717, 1.165) is 45.3 Å². The third-order valence-electron chi connectivity index (χ3n) is 4.86. The fourth-order valence-corrected chi connectivity index (χ4v) is 3.73. The topological polar surface area (TPSA) is 78.7 Å². The van der Waals surface area contributed by atoms with Gasteiger partial charge in [-0.2, -0.15) is 0 Å². The van der Waals surface area contributed by atoms with Gasteiger partial charge in [-0.1, -0.05) is 0 Å². The van der Waals surface area contributed by atoms with E-state index in [1.807, 2.05) is 11.8 Å². The van der Waals surface area contributed by atoms with Crippen LogP contribution in [0.3, 0.4) is 0 Å². The zero-order valence-corrected chi connectivity index (χ0v) is 12.1. The minimum Gasteiger partial charge on any atom is -0.341 e. The number of rotatable bonds is 3. The van der Waals surface area contributed by atoms with Gasteiger partial charge in [0, 0.05) is 25.7 Å². The van der Waals surface area contributed by atoms with E-state index >= 15 is 0 Å². The Bertz CT molecular complexity index is 411. The van der Waals surface area contributed by atoms with Gasteiger partial charge in [-0.3, -0.25) is 9.59 Å². The number of carbonyl (C=O) groups is 2. The molecule has 0 bridgehead atoms. The number of hydrogen-bond donors (Lipinski definition) is 2. The zero-order chi connectivity index (χ0) is 14.3. The third-order valence-corrected chi connectivity index (χ3v) is 4.86. The van der Waals surface area contributed by atoms with Crippen molar-refractivity contribution in [2.45, 2.75) is 50.2 Å². The Kier molecular flexibility index (Phi) is 3.46.